The lowest BCUT2D eigenvalue weighted by Gasteiger charge is -2.12. The van der Waals surface area contributed by atoms with Crippen molar-refractivity contribution < 1.29 is 4.79 Å². The van der Waals surface area contributed by atoms with Gasteiger partial charge in [-0.1, -0.05) is 22.9 Å². The van der Waals surface area contributed by atoms with Crippen molar-refractivity contribution in [2.24, 2.45) is 0 Å². The first-order chi connectivity index (χ1) is 8.43. The Hall–Kier alpha value is -0.870. The number of nitrogens with one attached hydrogen (secondary N) is 2. The number of anilines is 1. The highest BCUT2D eigenvalue weighted by molar-refractivity contribution is 9.10. The summed E-state index contributed by atoms with van der Waals surface area (Å²) in [6.07, 6.45) is 1.02. The number of carbonyl (C=O) groups is 1. The van der Waals surface area contributed by atoms with E-state index in [1.165, 1.54) is 0 Å². The lowest BCUT2D eigenvalue weighted by atomic mass is 10.1. The van der Waals surface area contributed by atoms with Gasteiger partial charge in [0, 0.05) is 16.2 Å². The Morgan fingerprint density at radius 3 is 2.39 bits per heavy atom. The van der Waals surface area contributed by atoms with Crippen LogP contribution < -0.4 is 10.6 Å². The monoisotopic (exact) mass is 312 g/mol. The van der Waals surface area contributed by atoms with Crippen LogP contribution in [-0.4, -0.2) is 18.5 Å². The Morgan fingerprint density at radius 2 is 1.89 bits per heavy atom. The zero-order chi connectivity index (χ0) is 13.7. The number of carbonyl (C=O) groups excluding carboxylic acids is 1. The second-order valence-electron chi connectivity index (χ2n) is 4.66. The number of halogens is 1. The van der Waals surface area contributed by atoms with E-state index in [-0.39, 0.29) is 5.91 Å². The molecule has 4 heteroatoms. The van der Waals surface area contributed by atoms with Crippen LogP contribution in [0.5, 0.6) is 0 Å². The molecule has 1 aromatic carbocycles. The van der Waals surface area contributed by atoms with Gasteiger partial charge in [0.1, 0.15) is 0 Å². The average molecular weight is 313 g/mol. The predicted molar refractivity (Wildman–Crippen MR) is 80.0 cm³/mol. The van der Waals surface area contributed by atoms with Gasteiger partial charge < -0.3 is 10.6 Å². The molecule has 0 bridgehead atoms. The van der Waals surface area contributed by atoms with Crippen LogP contribution in [0.2, 0.25) is 0 Å². The average Bonchev–Trinajstić information content (AvgIpc) is 2.32. The van der Waals surface area contributed by atoms with Crippen LogP contribution in [0.15, 0.2) is 16.6 Å². The molecule has 1 aromatic rings. The molecule has 0 saturated heterocycles. The van der Waals surface area contributed by atoms with Gasteiger partial charge in [0.05, 0.1) is 6.54 Å². The number of rotatable bonds is 5. The van der Waals surface area contributed by atoms with Gasteiger partial charge in [-0.15, -0.1) is 0 Å². The third-order valence-corrected chi connectivity index (χ3v) is 4.19. The van der Waals surface area contributed by atoms with Crippen LogP contribution in [0.1, 0.15) is 31.4 Å². The summed E-state index contributed by atoms with van der Waals surface area (Å²) in [7, 11) is 0. The van der Waals surface area contributed by atoms with E-state index in [0.29, 0.717) is 12.6 Å². The van der Waals surface area contributed by atoms with E-state index in [1.54, 1.807) is 0 Å². The van der Waals surface area contributed by atoms with Crippen molar-refractivity contribution in [3.63, 3.8) is 0 Å². The summed E-state index contributed by atoms with van der Waals surface area (Å²) in [5, 5.41) is 6.08. The van der Waals surface area contributed by atoms with E-state index in [2.05, 4.69) is 40.4 Å². The molecule has 3 nitrogen and oxygen atoms in total. The third kappa shape index (κ3) is 4.42. The molecular weight excluding hydrogens is 292 g/mol. The van der Waals surface area contributed by atoms with Gasteiger partial charge in [0.2, 0.25) is 5.91 Å². The summed E-state index contributed by atoms with van der Waals surface area (Å²) >= 11 is 3.51. The fourth-order valence-electron chi connectivity index (χ4n) is 1.63. The zero-order valence-corrected chi connectivity index (χ0v) is 13.0. The summed E-state index contributed by atoms with van der Waals surface area (Å²) < 4.78 is 1.10. The van der Waals surface area contributed by atoms with Gasteiger partial charge >= 0.3 is 0 Å². The minimum Gasteiger partial charge on any atom is -0.325 e. The quantitative estimate of drug-likeness (QED) is 0.875. The predicted octanol–water partition coefficient (Wildman–Crippen LogP) is 3.39. The zero-order valence-electron chi connectivity index (χ0n) is 11.4. The second-order valence-corrected chi connectivity index (χ2v) is 5.46. The van der Waals surface area contributed by atoms with E-state index in [0.717, 1.165) is 27.7 Å². The van der Waals surface area contributed by atoms with Crippen molar-refractivity contribution in [2.45, 2.75) is 40.2 Å². The minimum atomic E-state index is -0.00331. The number of amides is 1. The summed E-state index contributed by atoms with van der Waals surface area (Å²) in [6, 6.07) is 4.31. The van der Waals surface area contributed by atoms with Gasteiger partial charge in [-0.2, -0.15) is 0 Å². The summed E-state index contributed by atoms with van der Waals surface area (Å²) in [4.78, 5) is 11.8. The Kier molecular flexibility index (Phi) is 5.82. The van der Waals surface area contributed by atoms with Crippen molar-refractivity contribution in [3.05, 3.63) is 27.7 Å². The molecule has 1 unspecified atom stereocenters. The van der Waals surface area contributed by atoms with Gasteiger partial charge in [-0.3, -0.25) is 4.79 Å². The van der Waals surface area contributed by atoms with Crippen molar-refractivity contribution >= 4 is 27.5 Å². The maximum absolute atomic E-state index is 11.8. The molecule has 0 saturated carbocycles. The standard InChI is InChI=1S/C14H21BrN2O/c1-5-11(4)16-8-13(18)17-12-6-9(2)14(15)10(3)7-12/h6-7,11,16H,5,8H2,1-4H3,(H,17,18). The van der Waals surface area contributed by atoms with Crippen molar-refractivity contribution in [1.82, 2.24) is 5.32 Å². The molecule has 1 rings (SSSR count). The van der Waals surface area contributed by atoms with Crippen LogP contribution in [0.3, 0.4) is 0 Å². The molecule has 0 aliphatic heterocycles. The number of benzene rings is 1. The molecule has 0 fully saturated rings. The van der Waals surface area contributed by atoms with E-state index in [1.807, 2.05) is 26.0 Å². The Labute approximate surface area is 117 Å². The van der Waals surface area contributed by atoms with Crippen LogP contribution in [0.25, 0.3) is 0 Å². The Morgan fingerprint density at radius 1 is 1.33 bits per heavy atom. The highest BCUT2D eigenvalue weighted by Crippen LogP contribution is 2.24. The number of hydrogen-bond donors (Lipinski definition) is 2. The maximum atomic E-state index is 11.8. The van der Waals surface area contributed by atoms with Crippen LogP contribution in [0, 0.1) is 13.8 Å². The first-order valence-electron chi connectivity index (χ1n) is 6.24. The minimum absolute atomic E-state index is 0.00331. The Bertz CT molecular complexity index is 409. The van der Waals surface area contributed by atoms with Crippen LogP contribution >= 0.6 is 15.9 Å². The Balaban J connectivity index is 2.60. The first-order valence-corrected chi connectivity index (χ1v) is 7.03. The van der Waals surface area contributed by atoms with E-state index in [4.69, 9.17) is 0 Å². The molecular formula is C14H21BrN2O. The van der Waals surface area contributed by atoms with Crippen LogP contribution in [-0.2, 0) is 4.79 Å². The fourth-order valence-corrected chi connectivity index (χ4v) is 1.86. The van der Waals surface area contributed by atoms with Gasteiger partial charge in [-0.25, -0.2) is 0 Å². The van der Waals surface area contributed by atoms with Gasteiger partial charge in [-0.05, 0) is 50.5 Å². The molecule has 2 N–H and O–H groups in total. The lowest BCUT2D eigenvalue weighted by molar-refractivity contribution is -0.115. The van der Waals surface area contributed by atoms with Crippen LogP contribution in [0.4, 0.5) is 5.69 Å². The summed E-state index contributed by atoms with van der Waals surface area (Å²) in [6.45, 7) is 8.55. The molecule has 1 atom stereocenters. The summed E-state index contributed by atoms with van der Waals surface area (Å²) in [5.41, 5.74) is 3.10. The third-order valence-electron chi connectivity index (χ3n) is 2.94. The van der Waals surface area contributed by atoms with Crippen molar-refractivity contribution in [3.8, 4) is 0 Å². The fraction of sp³-hybridized carbons (Fsp3) is 0.500. The van der Waals surface area contributed by atoms with Gasteiger partial charge in [0.15, 0.2) is 0 Å². The normalized spacial score (nSPS) is 12.3. The maximum Gasteiger partial charge on any atom is 0.238 e. The largest absolute Gasteiger partial charge is 0.325 e. The highest BCUT2D eigenvalue weighted by atomic mass is 79.9. The number of hydrogen-bond acceptors (Lipinski definition) is 2. The molecule has 0 aliphatic rings. The van der Waals surface area contributed by atoms with E-state index >= 15 is 0 Å². The smallest absolute Gasteiger partial charge is 0.238 e. The highest BCUT2D eigenvalue weighted by Gasteiger charge is 2.07. The van der Waals surface area contributed by atoms with Crippen molar-refractivity contribution in [2.75, 3.05) is 11.9 Å². The van der Waals surface area contributed by atoms with E-state index in [9.17, 15) is 4.79 Å². The van der Waals surface area contributed by atoms with Crippen molar-refractivity contribution in [1.29, 1.82) is 0 Å². The first kappa shape index (κ1) is 15.2. The SMILES string of the molecule is CCC(C)NCC(=O)Nc1cc(C)c(Br)c(C)c1. The van der Waals surface area contributed by atoms with E-state index < -0.39 is 0 Å². The number of aryl methyl sites for hydroxylation is 2. The molecule has 0 heterocycles. The molecule has 18 heavy (non-hydrogen) atoms. The topological polar surface area (TPSA) is 41.1 Å². The summed E-state index contributed by atoms with van der Waals surface area (Å²) in [5.74, 6) is -0.00331. The lowest BCUT2D eigenvalue weighted by Crippen LogP contribution is -2.33. The molecule has 1 amide bonds. The second kappa shape index (κ2) is 6.90. The molecule has 0 aliphatic carbocycles. The molecule has 0 radical (unpaired) electrons. The molecule has 0 aromatic heterocycles. The molecule has 0 spiro atoms. The van der Waals surface area contributed by atoms with Gasteiger partial charge in [0.25, 0.3) is 0 Å². The molecule has 100 valence electrons.